The van der Waals surface area contributed by atoms with Gasteiger partial charge in [0.2, 0.25) is 5.43 Å². The van der Waals surface area contributed by atoms with Crippen molar-refractivity contribution >= 4 is 23.2 Å². The molecule has 38 heavy (non-hydrogen) atoms. The molecule has 0 bridgehead atoms. The number of nitrogens with zero attached hydrogens (tertiary/aromatic N) is 4. The van der Waals surface area contributed by atoms with Gasteiger partial charge in [0.1, 0.15) is 22.5 Å². The highest BCUT2D eigenvalue weighted by molar-refractivity contribution is 7.15. The molecule has 0 spiro atoms. The second kappa shape index (κ2) is 9.91. The largest absolute Gasteiger partial charge is 0.503 e. The van der Waals surface area contributed by atoms with Gasteiger partial charge in [-0.05, 0) is 24.6 Å². The van der Waals surface area contributed by atoms with Gasteiger partial charge in [-0.1, -0.05) is 12.1 Å². The highest BCUT2D eigenvalue weighted by atomic mass is 32.1. The van der Waals surface area contributed by atoms with Crippen LogP contribution in [0.15, 0.2) is 41.5 Å². The third-order valence-electron chi connectivity index (χ3n) is 6.88. The molecule has 2 aliphatic heterocycles. The number of rotatable bonds is 7. The molecule has 0 aliphatic carbocycles. The maximum atomic E-state index is 13.7. The molecule has 200 valence electrons. The first kappa shape index (κ1) is 26.0. The fourth-order valence-electron chi connectivity index (χ4n) is 4.84. The zero-order valence-corrected chi connectivity index (χ0v) is 21.6. The lowest BCUT2D eigenvalue weighted by Crippen LogP contribution is -2.66. The van der Waals surface area contributed by atoms with Gasteiger partial charge in [-0.3, -0.25) is 19.2 Å². The first-order valence-corrected chi connectivity index (χ1v) is 12.8. The smallest absolute Gasteiger partial charge is 0.275 e. The second-order valence-electron chi connectivity index (χ2n) is 9.49. The summed E-state index contributed by atoms with van der Waals surface area (Å²) < 4.78 is 14.6. The summed E-state index contributed by atoms with van der Waals surface area (Å²) in [6, 6.07) is 6.08. The van der Waals surface area contributed by atoms with Crippen molar-refractivity contribution in [2.45, 2.75) is 25.0 Å². The quantitative estimate of drug-likeness (QED) is 0.373. The van der Waals surface area contributed by atoms with Gasteiger partial charge in [0, 0.05) is 30.7 Å². The number of pyridine rings is 1. The minimum atomic E-state index is -1.35. The Bertz CT molecular complexity index is 1450. The van der Waals surface area contributed by atoms with E-state index in [1.165, 1.54) is 39.1 Å². The van der Waals surface area contributed by atoms with Gasteiger partial charge in [0.25, 0.3) is 11.8 Å². The molecule has 0 radical (unpaired) electrons. The van der Waals surface area contributed by atoms with Crippen LogP contribution in [0, 0.1) is 5.82 Å². The average molecular weight is 543 g/mol. The zero-order valence-electron chi connectivity index (χ0n) is 20.8. The summed E-state index contributed by atoms with van der Waals surface area (Å²) in [7, 11) is 1.64. The van der Waals surface area contributed by atoms with Crippen LogP contribution in [-0.2, 0) is 21.6 Å². The Kier molecular flexibility index (Phi) is 6.77. The van der Waals surface area contributed by atoms with Gasteiger partial charge in [-0.2, -0.15) is 0 Å². The lowest BCUT2D eigenvalue weighted by atomic mass is 9.92. The summed E-state index contributed by atoms with van der Waals surface area (Å²) in [6.45, 7) is 2.11. The molecular formula is C25H27FN6O5S. The van der Waals surface area contributed by atoms with E-state index < -0.39 is 22.6 Å². The minimum absolute atomic E-state index is 0.0440. The molecule has 0 saturated carbocycles. The molecule has 1 unspecified atom stereocenters. The van der Waals surface area contributed by atoms with E-state index in [1.807, 2.05) is 0 Å². The van der Waals surface area contributed by atoms with Gasteiger partial charge in [-0.15, -0.1) is 11.3 Å². The molecule has 13 heteroatoms. The van der Waals surface area contributed by atoms with Crippen molar-refractivity contribution < 1.29 is 23.9 Å². The van der Waals surface area contributed by atoms with Crippen LogP contribution >= 0.6 is 11.3 Å². The molecule has 1 aromatic carbocycles. The summed E-state index contributed by atoms with van der Waals surface area (Å²) in [6.07, 6.45) is 3.33. The standard InChI is InChI=1S/C25H27FN6O5S/c1-25(24(36)30-9-16(10-30)37-28-2)12-31(13-27)23(35)19-21(34)20(33)18(11-32(19)25)22-29-8-17(38-22)7-14-3-5-15(26)6-4-14/h3-6,8,11,16,28,34H,7,9-10,12-13,27H2,1-2H3. The Labute approximate surface area is 221 Å². The summed E-state index contributed by atoms with van der Waals surface area (Å²) in [5.41, 5.74) is 6.93. The molecular weight excluding hydrogens is 515 g/mol. The summed E-state index contributed by atoms with van der Waals surface area (Å²) in [5, 5.41) is 11.3. The van der Waals surface area contributed by atoms with Crippen molar-refractivity contribution in [2.24, 2.45) is 5.73 Å². The van der Waals surface area contributed by atoms with Crippen LogP contribution < -0.4 is 16.6 Å². The van der Waals surface area contributed by atoms with E-state index in [1.54, 1.807) is 37.2 Å². The van der Waals surface area contributed by atoms with Gasteiger partial charge in [0.15, 0.2) is 11.4 Å². The van der Waals surface area contributed by atoms with Crippen LogP contribution in [0.1, 0.15) is 27.9 Å². The average Bonchev–Trinajstić information content (AvgIpc) is 3.34. The number of benzene rings is 1. The number of nitrogens with one attached hydrogen (secondary N) is 1. The number of carbonyl (C=O) groups excluding carboxylic acids is 2. The number of aromatic hydroxyl groups is 1. The molecule has 2 aliphatic rings. The number of thiazole rings is 1. The molecule has 11 nitrogen and oxygen atoms in total. The molecule has 4 heterocycles. The number of hydrogen-bond donors (Lipinski definition) is 3. The Morgan fingerprint density at radius 2 is 2.03 bits per heavy atom. The van der Waals surface area contributed by atoms with Crippen LogP contribution in [0.3, 0.4) is 0 Å². The third-order valence-corrected chi connectivity index (χ3v) is 7.91. The summed E-state index contributed by atoms with van der Waals surface area (Å²) in [5.74, 6) is -2.04. The monoisotopic (exact) mass is 542 g/mol. The van der Waals surface area contributed by atoms with Gasteiger partial charge in [-0.25, -0.2) is 14.9 Å². The number of fused-ring (bicyclic) bond motifs is 1. The number of halogens is 1. The lowest BCUT2D eigenvalue weighted by molar-refractivity contribution is -0.160. The molecule has 1 atom stereocenters. The Morgan fingerprint density at radius 3 is 2.68 bits per heavy atom. The number of amides is 2. The van der Waals surface area contributed by atoms with E-state index in [0.29, 0.717) is 24.5 Å². The van der Waals surface area contributed by atoms with Crippen LogP contribution in [0.25, 0.3) is 10.6 Å². The van der Waals surface area contributed by atoms with Crippen molar-refractivity contribution in [3.05, 3.63) is 68.8 Å². The number of hydroxylamine groups is 1. The first-order valence-electron chi connectivity index (χ1n) is 12.0. The normalized spacial score (nSPS) is 19.4. The molecule has 2 aromatic heterocycles. The van der Waals surface area contributed by atoms with Crippen LogP contribution in [-0.4, -0.2) is 75.7 Å². The van der Waals surface area contributed by atoms with Gasteiger partial charge >= 0.3 is 0 Å². The van der Waals surface area contributed by atoms with Crippen molar-refractivity contribution in [3.63, 3.8) is 0 Å². The Morgan fingerprint density at radius 1 is 1.32 bits per heavy atom. The Hall–Kier alpha value is -3.65. The first-order chi connectivity index (χ1) is 18.2. The number of hydrogen-bond acceptors (Lipinski definition) is 9. The zero-order chi connectivity index (χ0) is 27.2. The molecule has 3 aromatic rings. The molecule has 4 N–H and O–H groups in total. The van der Waals surface area contributed by atoms with Gasteiger partial charge < -0.3 is 25.2 Å². The number of aromatic nitrogens is 2. The molecule has 2 amide bonds. The van der Waals surface area contributed by atoms with E-state index in [-0.39, 0.29) is 42.3 Å². The molecule has 1 saturated heterocycles. The topological polar surface area (TPSA) is 143 Å². The number of likely N-dealkylation sites (tertiary alicyclic amines) is 1. The van der Waals surface area contributed by atoms with Gasteiger partial charge in [0.05, 0.1) is 31.9 Å². The van der Waals surface area contributed by atoms with E-state index >= 15 is 0 Å². The predicted molar refractivity (Wildman–Crippen MR) is 137 cm³/mol. The maximum Gasteiger partial charge on any atom is 0.275 e. The second-order valence-corrected chi connectivity index (χ2v) is 10.6. The Balaban J connectivity index is 1.54. The van der Waals surface area contributed by atoms with E-state index in [9.17, 15) is 23.9 Å². The molecule has 1 fully saturated rings. The van der Waals surface area contributed by atoms with Crippen molar-refractivity contribution in [1.29, 1.82) is 0 Å². The summed E-state index contributed by atoms with van der Waals surface area (Å²) in [4.78, 5) is 53.4. The predicted octanol–water partition coefficient (Wildman–Crippen LogP) is 0.856. The highest BCUT2D eigenvalue weighted by Gasteiger charge is 2.50. The van der Waals surface area contributed by atoms with Crippen LogP contribution in [0.5, 0.6) is 5.75 Å². The lowest BCUT2D eigenvalue weighted by Gasteiger charge is -2.47. The third kappa shape index (κ3) is 4.36. The number of nitrogens with two attached hydrogens (primary N) is 1. The van der Waals surface area contributed by atoms with Crippen molar-refractivity contribution in [2.75, 3.05) is 33.4 Å². The minimum Gasteiger partial charge on any atom is -0.503 e. The summed E-state index contributed by atoms with van der Waals surface area (Å²) >= 11 is 1.24. The van der Waals surface area contributed by atoms with Crippen LogP contribution in [0.4, 0.5) is 4.39 Å². The molecule has 5 rings (SSSR count). The van der Waals surface area contributed by atoms with E-state index in [4.69, 9.17) is 10.6 Å². The fourth-order valence-corrected chi connectivity index (χ4v) is 5.79. The van der Waals surface area contributed by atoms with Crippen LogP contribution in [0.2, 0.25) is 0 Å². The van der Waals surface area contributed by atoms with Crippen molar-refractivity contribution in [3.8, 4) is 16.3 Å². The van der Waals surface area contributed by atoms with E-state index in [2.05, 4.69) is 10.5 Å². The number of carbonyl (C=O) groups is 2. The van der Waals surface area contributed by atoms with E-state index in [0.717, 1.165) is 10.4 Å². The SMILES string of the molecule is CNOC1CN(C(=O)C2(C)CN(CN)C(=O)c3c(O)c(=O)c(-c4ncc(Cc5ccc(F)cc5)s4)cn32)C1. The highest BCUT2D eigenvalue weighted by Crippen LogP contribution is 2.35. The van der Waals surface area contributed by atoms with Crippen molar-refractivity contribution in [1.82, 2.24) is 24.8 Å². The fraction of sp³-hybridized carbons (Fsp3) is 0.360. The maximum absolute atomic E-state index is 13.7.